The minimum atomic E-state index is 0.212. The lowest BCUT2D eigenvalue weighted by molar-refractivity contribution is 0.112. The summed E-state index contributed by atoms with van der Waals surface area (Å²) in [6, 6.07) is 7.62. The molecule has 0 spiro atoms. The largest absolute Gasteiger partial charge is 0.497 e. The molecule has 0 saturated carbocycles. The second-order valence-electron chi connectivity index (χ2n) is 3.77. The molecule has 5 nitrogen and oxygen atoms in total. The average molecular weight is 243 g/mol. The SMILES string of the molecule is COc1ccc(Cc2ncc(C=O)c(N)n2)cc1. The fourth-order valence-corrected chi connectivity index (χ4v) is 1.54. The number of carbonyl (C=O) groups excluding carboxylic acids is 1. The highest BCUT2D eigenvalue weighted by molar-refractivity contribution is 5.80. The maximum Gasteiger partial charge on any atom is 0.155 e. The molecule has 2 rings (SSSR count). The van der Waals surface area contributed by atoms with Crippen LogP contribution in [0.3, 0.4) is 0 Å². The van der Waals surface area contributed by atoms with Crippen LogP contribution in [0.15, 0.2) is 30.5 Å². The maximum absolute atomic E-state index is 10.6. The minimum Gasteiger partial charge on any atom is -0.497 e. The zero-order chi connectivity index (χ0) is 13.0. The van der Waals surface area contributed by atoms with Crippen molar-refractivity contribution in [3.63, 3.8) is 0 Å². The van der Waals surface area contributed by atoms with Crippen molar-refractivity contribution in [3.8, 4) is 5.75 Å². The van der Waals surface area contributed by atoms with Crippen LogP contribution in [-0.4, -0.2) is 23.4 Å². The van der Waals surface area contributed by atoms with Gasteiger partial charge >= 0.3 is 0 Å². The fourth-order valence-electron chi connectivity index (χ4n) is 1.54. The molecular weight excluding hydrogens is 230 g/mol. The molecule has 0 fully saturated rings. The number of rotatable bonds is 4. The summed E-state index contributed by atoms with van der Waals surface area (Å²) in [6.07, 6.45) is 2.65. The zero-order valence-corrected chi connectivity index (χ0v) is 9.96. The van der Waals surface area contributed by atoms with Crippen molar-refractivity contribution >= 4 is 12.1 Å². The molecule has 0 atom stereocenters. The van der Waals surface area contributed by atoms with E-state index in [1.54, 1.807) is 7.11 Å². The molecule has 2 aromatic rings. The molecule has 1 aromatic heterocycles. The van der Waals surface area contributed by atoms with Crippen molar-refractivity contribution in [2.24, 2.45) is 0 Å². The summed E-state index contributed by atoms with van der Waals surface area (Å²) in [5, 5.41) is 0. The molecule has 1 aromatic carbocycles. The van der Waals surface area contributed by atoms with Crippen LogP contribution >= 0.6 is 0 Å². The summed E-state index contributed by atoms with van der Waals surface area (Å²) in [5.41, 5.74) is 6.99. The first-order valence-corrected chi connectivity index (χ1v) is 5.42. The zero-order valence-electron chi connectivity index (χ0n) is 9.96. The van der Waals surface area contributed by atoms with E-state index in [0.717, 1.165) is 11.3 Å². The molecule has 0 aliphatic heterocycles. The quantitative estimate of drug-likeness (QED) is 0.823. The lowest BCUT2D eigenvalue weighted by Crippen LogP contribution is -2.03. The van der Waals surface area contributed by atoms with Crippen LogP contribution in [0.5, 0.6) is 5.75 Å². The van der Waals surface area contributed by atoms with Crippen molar-refractivity contribution in [2.75, 3.05) is 12.8 Å². The first kappa shape index (κ1) is 12.0. The Kier molecular flexibility index (Phi) is 3.52. The first-order chi connectivity index (χ1) is 8.72. The van der Waals surface area contributed by atoms with Crippen molar-refractivity contribution in [1.82, 2.24) is 9.97 Å². The topological polar surface area (TPSA) is 78.1 Å². The summed E-state index contributed by atoms with van der Waals surface area (Å²) >= 11 is 0. The molecule has 2 N–H and O–H groups in total. The lowest BCUT2D eigenvalue weighted by atomic mass is 10.1. The number of aromatic nitrogens is 2. The summed E-state index contributed by atoms with van der Waals surface area (Å²) in [5.74, 6) is 1.60. The molecule has 0 aliphatic carbocycles. The van der Waals surface area contributed by atoms with Gasteiger partial charge in [-0.05, 0) is 17.7 Å². The van der Waals surface area contributed by atoms with Crippen molar-refractivity contribution < 1.29 is 9.53 Å². The first-order valence-electron chi connectivity index (χ1n) is 5.42. The number of hydrogen-bond acceptors (Lipinski definition) is 5. The summed E-state index contributed by atoms with van der Waals surface area (Å²) in [4.78, 5) is 18.8. The Morgan fingerprint density at radius 1 is 1.33 bits per heavy atom. The van der Waals surface area contributed by atoms with Gasteiger partial charge in [-0.1, -0.05) is 12.1 Å². The number of nitrogen functional groups attached to an aromatic ring is 1. The summed E-state index contributed by atoms with van der Waals surface area (Å²) < 4.78 is 5.08. The Morgan fingerprint density at radius 3 is 2.61 bits per heavy atom. The molecule has 92 valence electrons. The third-order valence-electron chi connectivity index (χ3n) is 2.55. The molecule has 0 radical (unpaired) electrons. The van der Waals surface area contributed by atoms with Gasteiger partial charge < -0.3 is 10.5 Å². The van der Waals surface area contributed by atoms with E-state index in [1.165, 1.54) is 6.20 Å². The van der Waals surface area contributed by atoms with Crippen LogP contribution in [0.1, 0.15) is 21.7 Å². The van der Waals surface area contributed by atoms with Gasteiger partial charge in [0.05, 0.1) is 12.7 Å². The molecule has 18 heavy (non-hydrogen) atoms. The van der Waals surface area contributed by atoms with Crippen molar-refractivity contribution in [2.45, 2.75) is 6.42 Å². The Balaban J connectivity index is 2.17. The molecule has 0 amide bonds. The number of benzene rings is 1. The number of carbonyl (C=O) groups is 1. The lowest BCUT2D eigenvalue weighted by Gasteiger charge is -2.04. The predicted octanol–water partition coefficient (Wildman–Crippen LogP) is 1.47. The van der Waals surface area contributed by atoms with Gasteiger partial charge in [-0.25, -0.2) is 9.97 Å². The predicted molar refractivity (Wildman–Crippen MR) is 67.6 cm³/mol. The van der Waals surface area contributed by atoms with Gasteiger partial charge in [0.1, 0.15) is 17.4 Å². The van der Waals surface area contributed by atoms with Gasteiger partial charge in [-0.3, -0.25) is 4.79 Å². The van der Waals surface area contributed by atoms with E-state index in [2.05, 4.69) is 9.97 Å². The highest BCUT2D eigenvalue weighted by Crippen LogP contribution is 2.14. The molecule has 0 aliphatic rings. The van der Waals surface area contributed by atoms with E-state index in [0.29, 0.717) is 24.1 Å². The maximum atomic E-state index is 10.6. The van der Waals surface area contributed by atoms with Crippen LogP contribution in [0.4, 0.5) is 5.82 Å². The number of nitrogens with zero attached hydrogens (tertiary/aromatic N) is 2. The van der Waals surface area contributed by atoms with Crippen molar-refractivity contribution in [3.05, 3.63) is 47.4 Å². The van der Waals surface area contributed by atoms with Crippen molar-refractivity contribution in [1.29, 1.82) is 0 Å². The Labute approximate surface area is 105 Å². The van der Waals surface area contributed by atoms with E-state index in [4.69, 9.17) is 10.5 Å². The van der Waals surface area contributed by atoms with Gasteiger partial charge in [0.15, 0.2) is 6.29 Å². The van der Waals surface area contributed by atoms with Crippen LogP contribution < -0.4 is 10.5 Å². The van der Waals surface area contributed by atoms with Crippen LogP contribution in [0.25, 0.3) is 0 Å². The third kappa shape index (κ3) is 2.63. The summed E-state index contributed by atoms with van der Waals surface area (Å²) in [7, 11) is 1.62. The van der Waals surface area contributed by atoms with Gasteiger partial charge in [0.25, 0.3) is 0 Å². The molecule has 0 bridgehead atoms. The third-order valence-corrected chi connectivity index (χ3v) is 2.55. The van der Waals surface area contributed by atoms with E-state index < -0.39 is 0 Å². The van der Waals surface area contributed by atoms with Gasteiger partial charge in [-0.2, -0.15) is 0 Å². The van der Waals surface area contributed by atoms with E-state index >= 15 is 0 Å². The second-order valence-corrected chi connectivity index (χ2v) is 3.77. The molecular formula is C13H13N3O2. The standard InChI is InChI=1S/C13H13N3O2/c1-18-11-4-2-9(3-5-11)6-12-15-7-10(8-17)13(14)16-12/h2-5,7-8H,6H2,1H3,(H2,14,15,16). The number of ether oxygens (including phenoxy) is 1. The van der Waals surface area contributed by atoms with Gasteiger partial charge in [-0.15, -0.1) is 0 Å². The number of nitrogens with two attached hydrogens (primary N) is 1. The smallest absolute Gasteiger partial charge is 0.155 e. The van der Waals surface area contributed by atoms with E-state index in [9.17, 15) is 4.79 Å². The Morgan fingerprint density at radius 2 is 2.06 bits per heavy atom. The Hall–Kier alpha value is -2.43. The number of methoxy groups -OCH3 is 1. The molecule has 1 heterocycles. The monoisotopic (exact) mass is 243 g/mol. The highest BCUT2D eigenvalue weighted by atomic mass is 16.5. The van der Waals surface area contributed by atoms with E-state index in [1.807, 2.05) is 24.3 Å². The summed E-state index contributed by atoms with van der Waals surface area (Å²) in [6.45, 7) is 0. The number of aldehydes is 1. The fraction of sp³-hybridized carbons (Fsp3) is 0.154. The molecule has 5 heteroatoms. The number of hydrogen-bond donors (Lipinski definition) is 1. The minimum absolute atomic E-state index is 0.212. The van der Waals surface area contributed by atoms with E-state index in [-0.39, 0.29) is 5.82 Å². The van der Waals surface area contributed by atoms with Crippen LogP contribution in [0.2, 0.25) is 0 Å². The highest BCUT2D eigenvalue weighted by Gasteiger charge is 2.04. The second kappa shape index (κ2) is 5.27. The van der Waals surface area contributed by atoms with Gasteiger partial charge in [0.2, 0.25) is 0 Å². The Bertz CT molecular complexity index is 553. The van der Waals surface area contributed by atoms with Crippen LogP contribution in [-0.2, 0) is 6.42 Å². The molecule has 0 saturated heterocycles. The number of anilines is 1. The van der Waals surface area contributed by atoms with Crippen LogP contribution in [0, 0.1) is 0 Å². The average Bonchev–Trinajstić information content (AvgIpc) is 2.40. The van der Waals surface area contributed by atoms with Gasteiger partial charge in [0, 0.05) is 12.6 Å². The normalized spacial score (nSPS) is 10.1. The molecule has 0 unspecified atom stereocenters.